The third-order valence-electron chi connectivity index (χ3n) is 1.93. The Labute approximate surface area is 75.4 Å². The number of aliphatic carboxylic acids is 2. The Morgan fingerprint density at radius 1 is 1.38 bits per heavy atom. The molecule has 0 rings (SSSR count). The molecule has 0 radical (unpaired) electrons. The fraction of sp³-hybridized carbons (Fsp3) is 0.625. The van der Waals surface area contributed by atoms with Crippen LogP contribution in [0.2, 0.25) is 0 Å². The van der Waals surface area contributed by atoms with Crippen LogP contribution in [-0.4, -0.2) is 28.4 Å². The van der Waals surface area contributed by atoms with Gasteiger partial charge in [-0.3, -0.25) is 9.59 Å². The van der Waals surface area contributed by atoms with Gasteiger partial charge in [0.05, 0.1) is 5.92 Å². The van der Waals surface area contributed by atoms with Crippen molar-refractivity contribution in [1.29, 1.82) is 0 Å². The number of hydrogen-bond acceptors (Lipinski definition) is 3. The maximum absolute atomic E-state index is 10.5. The van der Waals surface area contributed by atoms with Crippen LogP contribution in [0.25, 0.3) is 0 Å². The van der Waals surface area contributed by atoms with Gasteiger partial charge in [0, 0.05) is 12.8 Å². The van der Waals surface area contributed by atoms with Gasteiger partial charge in [0.25, 0.3) is 0 Å². The summed E-state index contributed by atoms with van der Waals surface area (Å²) in [5, 5.41) is 17.0. The zero-order chi connectivity index (χ0) is 10.4. The summed E-state index contributed by atoms with van der Waals surface area (Å²) in [4.78, 5) is 30.9. The van der Waals surface area contributed by atoms with E-state index in [1.165, 1.54) is 6.92 Å². The summed E-state index contributed by atoms with van der Waals surface area (Å²) in [6.45, 7) is 1.40. The van der Waals surface area contributed by atoms with Crippen molar-refractivity contribution in [2.75, 3.05) is 0 Å². The van der Waals surface area contributed by atoms with Gasteiger partial charge in [-0.2, -0.15) is 0 Å². The van der Waals surface area contributed by atoms with Crippen molar-refractivity contribution >= 4 is 18.2 Å². The molecule has 0 heterocycles. The van der Waals surface area contributed by atoms with E-state index in [9.17, 15) is 14.4 Å². The van der Waals surface area contributed by atoms with Crippen LogP contribution < -0.4 is 0 Å². The molecule has 0 saturated carbocycles. The SMILES string of the molecule is CC(C(=O)O)C(CC=O)CC(=O)O. The molecular formula is C8H12O5. The lowest BCUT2D eigenvalue weighted by Gasteiger charge is -2.15. The Morgan fingerprint density at radius 3 is 2.23 bits per heavy atom. The number of carboxylic acid groups (broad SMARTS) is 2. The topological polar surface area (TPSA) is 91.7 Å². The first-order valence-electron chi connectivity index (χ1n) is 3.87. The molecule has 2 unspecified atom stereocenters. The number of rotatable bonds is 6. The van der Waals surface area contributed by atoms with E-state index in [0.29, 0.717) is 6.29 Å². The highest BCUT2D eigenvalue weighted by Crippen LogP contribution is 2.18. The molecule has 2 N–H and O–H groups in total. The zero-order valence-corrected chi connectivity index (χ0v) is 7.27. The van der Waals surface area contributed by atoms with Gasteiger partial charge < -0.3 is 15.0 Å². The molecule has 0 fully saturated rings. The average molecular weight is 188 g/mol. The lowest BCUT2D eigenvalue weighted by atomic mass is 9.89. The van der Waals surface area contributed by atoms with Gasteiger partial charge in [-0.05, 0) is 5.92 Å². The molecule has 13 heavy (non-hydrogen) atoms. The van der Waals surface area contributed by atoms with Crippen molar-refractivity contribution in [2.45, 2.75) is 19.8 Å². The van der Waals surface area contributed by atoms with E-state index >= 15 is 0 Å². The lowest BCUT2D eigenvalue weighted by molar-refractivity contribution is -0.145. The third-order valence-corrected chi connectivity index (χ3v) is 1.93. The lowest BCUT2D eigenvalue weighted by Crippen LogP contribution is -2.23. The van der Waals surface area contributed by atoms with E-state index in [4.69, 9.17) is 10.2 Å². The third kappa shape index (κ3) is 4.25. The van der Waals surface area contributed by atoms with E-state index in [0.717, 1.165) is 0 Å². The Bertz CT molecular complexity index is 211. The Hall–Kier alpha value is -1.39. The summed E-state index contributed by atoms with van der Waals surface area (Å²) in [5.41, 5.74) is 0. The van der Waals surface area contributed by atoms with Gasteiger partial charge in [0.15, 0.2) is 0 Å². The molecule has 0 bridgehead atoms. The Kier molecular flexibility index (Phi) is 4.72. The number of carbonyl (C=O) groups is 3. The maximum Gasteiger partial charge on any atom is 0.306 e. The molecule has 0 aliphatic heterocycles. The zero-order valence-electron chi connectivity index (χ0n) is 7.27. The first kappa shape index (κ1) is 11.6. The number of carbonyl (C=O) groups excluding carboxylic acids is 1. The fourth-order valence-corrected chi connectivity index (χ4v) is 1.01. The van der Waals surface area contributed by atoms with Crippen LogP contribution >= 0.6 is 0 Å². The van der Waals surface area contributed by atoms with Crippen LogP contribution in [0.5, 0.6) is 0 Å². The van der Waals surface area contributed by atoms with Crippen molar-refractivity contribution in [3.63, 3.8) is 0 Å². The Balaban J connectivity index is 4.30. The van der Waals surface area contributed by atoms with Crippen molar-refractivity contribution in [3.05, 3.63) is 0 Å². The van der Waals surface area contributed by atoms with Crippen molar-refractivity contribution in [2.24, 2.45) is 11.8 Å². The quantitative estimate of drug-likeness (QED) is 0.588. The van der Waals surface area contributed by atoms with E-state index in [1.807, 2.05) is 0 Å². The second-order valence-electron chi connectivity index (χ2n) is 2.89. The minimum Gasteiger partial charge on any atom is -0.481 e. The molecule has 5 heteroatoms. The number of hydrogen-bond donors (Lipinski definition) is 2. The van der Waals surface area contributed by atoms with Gasteiger partial charge in [-0.25, -0.2) is 0 Å². The molecule has 0 aliphatic rings. The molecular weight excluding hydrogens is 176 g/mol. The first-order chi connectivity index (χ1) is 5.99. The van der Waals surface area contributed by atoms with E-state index in [2.05, 4.69) is 0 Å². The van der Waals surface area contributed by atoms with Crippen LogP contribution in [0.4, 0.5) is 0 Å². The highest BCUT2D eigenvalue weighted by Gasteiger charge is 2.25. The van der Waals surface area contributed by atoms with E-state index in [1.54, 1.807) is 0 Å². The monoisotopic (exact) mass is 188 g/mol. The molecule has 0 aromatic heterocycles. The van der Waals surface area contributed by atoms with Crippen LogP contribution in [0, 0.1) is 11.8 Å². The predicted molar refractivity (Wildman–Crippen MR) is 43.2 cm³/mol. The van der Waals surface area contributed by atoms with Crippen LogP contribution in [0.3, 0.4) is 0 Å². The molecule has 2 atom stereocenters. The second-order valence-corrected chi connectivity index (χ2v) is 2.89. The molecule has 5 nitrogen and oxygen atoms in total. The summed E-state index contributed by atoms with van der Waals surface area (Å²) >= 11 is 0. The Morgan fingerprint density at radius 2 is 1.92 bits per heavy atom. The minimum atomic E-state index is -1.08. The van der Waals surface area contributed by atoms with Crippen molar-refractivity contribution in [1.82, 2.24) is 0 Å². The van der Waals surface area contributed by atoms with Crippen molar-refractivity contribution < 1.29 is 24.6 Å². The van der Waals surface area contributed by atoms with Crippen LogP contribution in [0.15, 0.2) is 0 Å². The summed E-state index contributed by atoms with van der Waals surface area (Å²) < 4.78 is 0. The fourth-order valence-electron chi connectivity index (χ4n) is 1.01. The summed E-state index contributed by atoms with van der Waals surface area (Å²) in [7, 11) is 0. The average Bonchev–Trinajstić information content (AvgIpc) is 2.01. The standard InChI is InChI=1S/C8H12O5/c1-5(8(12)13)6(2-3-9)4-7(10)11/h3,5-6H,2,4H2,1H3,(H,10,11)(H,12,13). The summed E-state index contributed by atoms with van der Waals surface area (Å²) in [5.74, 6) is -3.58. The second kappa shape index (κ2) is 5.29. The van der Waals surface area contributed by atoms with Gasteiger partial charge in [0.1, 0.15) is 6.29 Å². The van der Waals surface area contributed by atoms with Gasteiger partial charge in [0.2, 0.25) is 0 Å². The molecule has 0 amide bonds. The molecule has 0 aromatic carbocycles. The molecule has 0 spiro atoms. The van der Waals surface area contributed by atoms with Gasteiger partial charge in [-0.1, -0.05) is 6.92 Å². The van der Waals surface area contributed by atoms with Gasteiger partial charge in [-0.15, -0.1) is 0 Å². The van der Waals surface area contributed by atoms with Crippen LogP contribution in [-0.2, 0) is 14.4 Å². The highest BCUT2D eigenvalue weighted by atomic mass is 16.4. The predicted octanol–water partition coefficient (Wildman–Crippen LogP) is 0.387. The van der Waals surface area contributed by atoms with Crippen LogP contribution in [0.1, 0.15) is 19.8 Å². The number of carboxylic acids is 2. The number of aldehydes is 1. The highest BCUT2D eigenvalue weighted by molar-refractivity contribution is 5.73. The maximum atomic E-state index is 10.5. The molecule has 0 saturated heterocycles. The van der Waals surface area contributed by atoms with E-state index < -0.39 is 23.8 Å². The molecule has 74 valence electrons. The molecule has 0 aromatic rings. The normalized spacial score (nSPS) is 14.5. The minimum absolute atomic E-state index is 0.0280. The van der Waals surface area contributed by atoms with E-state index in [-0.39, 0.29) is 12.8 Å². The summed E-state index contributed by atoms with van der Waals surface area (Å²) in [6.07, 6.45) is 0.235. The first-order valence-corrected chi connectivity index (χ1v) is 3.87. The van der Waals surface area contributed by atoms with Crippen molar-refractivity contribution in [3.8, 4) is 0 Å². The largest absolute Gasteiger partial charge is 0.481 e. The molecule has 0 aliphatic carbocycles. The summed E-state index contributed by atoms with van der Waals surface area (Å²) in [6, 6.07) is 0. The van der Waals surface area contributed by atoms with Gasteiger partial charge >= 0.3 is 11.9 Å². The smallest absolute Gasteiger partial charge is 0.306 e.